The third-order valence-electron chi connectivity index (χ3n) is 3.52. The maximum absolute atomic E-state index is 12.7. The molecule has 1 unspecified atom stereocenters. The van der Waals surface area contributed by atoms with E-state index in [-0.39, 0.29) is 16.9 Å². The molecule has 0 saturated heterocycles. The third kappa shape index (κ3) is 4.51. The molecule has 0 saturated carbocycles. The lowest BCUT2D eigenvalue weighted by atomic mass is 10.1. The molecule has 0 radical (unpaired) electrons. The van der Waals surface area contributed by atoms with Crippen molar-refractivity contribution in [2.75, 3.05) is 7.11 Å². The second-order valence-corrected chi connectivity index (χ2v) is 7.03. The Hall–Kier alpha value is -2.61. The van der Waals surface area contributed by atoms with Crippen molar-refractivity contribution in [1.82, 2.24) is 10.3 Å². The van der Waals surface area contributed by atoms with E-state index in [4.69, 9.17) is 14.6 Å². The molecule has 0 spiro atoms. The van der Waals surface area contributed by atoms with E-state index >= 15 is 0 Å². The van der Waals surface area contributed by atoms with Crippen LogP contribution in [0.25, 0.3) is 0 Å². The van der Waals surface area contributed by atoms with Gasteiger partial charge >= 0.3 is 5.97 Å². The zero-order valence-electron chi connectivity index (χ0n) is 15.3. The molecule has 2 aromatic rings. The minimum absolute atomic E-state index is 0.106. The maximum atomic E-state index is 12.7. The summed E-state index contributed by atoms with van der Waals surface area (Å²) < 4.78 is 10.9. The van der Waals surface area contributed by atoms with E-state index in [1.165, 1.54) is 0 Å². The molecule has 0 fully saturated rings. The Morgan fingerprint density at radius 2 is 1.96 bits per heavy atom. The van der Waals surface area contributed by atoms with Crippen molar-refractivity contribution >= 4 is 23.2 Å². The molecule has 2 rings (SSSR count). The van der Waals surface area contributed by atoms with Gasteiger partial charge in [0.05, 0.1) is 30.5 Å². The molecule has 1 amide bonds. The van der Waals surface area contributed by atoms with Crippen LogP contribution in [-0.2, 0) is 0 Å². The van der Waals surface area contributed by atoms with Crippen molar-refractivity contribution in [3.63, 3.8) is 0 Å². The molecule has 2 N–H and O–H groups in total. The van der Waals surface area contributed by atoms with Crippen molar-refractivity contribution in [2.45, 2.75) is 39.8 Å². The first kappa shape index (κ1) is 19.7. The predicted molar refractivity (Wildman–Crippen MR) is 98.4 cm³/mol. The van der Waals surface area contributed by atoms with Crippen LogP contribution in [0.3, 0.4) is 0 Å². The highest BCUT2D eigenvalue weighted by Gasteiger charge is 2.21. The first-order valence-electron chi connectivity index (χ1n) is 8.09. The molecule has 140 valence electrons. The number of amides is 1. The lowest BCUT2D eigenvalue weighted by Gasteiger charge is -2.17. The van der Waals surface area contributed by atoms with Crippen LogP contribution in [0, 0.1) is 6.92 Å². The fourth-order valence-electron chi connectivity index (χ4n) is 2.31. The van der Waals surface area contributed by atoms with Crippen molar-refractivity contribution < 1.29 is 24.2 Å². The maximum Gasteiger partial charge on any atom is 0.347 e. The summed E-state index contributed by atoms with van der Waals surface area (Å²) in [6, 6.07) is 4.54. The Kier molecular flexibility index (Phi) is 6.20. The monoisotopic (exact) mass is 378 g/mol. The number of hydrogen-bond acceptors (Lipinski definition) is 6. The molecule has 7 nitrogen and oxygen atoms in total. The summed E-state index contributed by atoms with van der Waals surface area (Å²) in [5, 5.41) is 12.5. The quantitative estimate of drug-likeness (QED) is 0.766. The topological polar surface area (TPSA) is 97.8 Å². The first-order valence-corrected chi connectivity index (χ1v) is 8.90. The molecule has 26 heavy (non-hydrogen) atoms. The van der Waals surface area contributed by atoms with Gasteiger partial charge in [-0.25, -0.2) is 9.78 Å². The number of nitrogens with one attached hydrogen (secondary N) is 1. The summed E-state index contributed by atoms with van der Waals surface area (Å²) in [6.07, 6.45) is -0.106. The molecule has 1 aromatic heterocycles. The number of benzene rings is 1. The number of rotatable bonds is 7. The number of methoxy groups -OCH3 is 1. The van der Waals surface area contributed by atoms with Crippen LogP contribution in [0.2, 0.25) is 0 Å². The third-order valence-corrected chi connectivity index (χ3v) is 4.85. The number of carboxylic acids is 1. The Balaban J connectivity index is 2.23. The molecule has 0 aliphatic rings. The number of aromatic carboxylic acids is 1. The summed E-state index contributed by atoms with van der Waals surface area (Å²) in [5.41, 5.74) is 0.810. The standard InChI is InChI=1S/C18H22N2O5S/c1-9(2)25-14-8-12(24-5)6-7-13(14)16(21)19-11(4)17-20-10(3)15(26-17)18(22)23/h6-9,11H,1-5H3,(H,19,21)(H,22,23). The van der Waals surface area contributed by atoms with Gasteiger partial charge in [-0.3, -0.25) is 4.79 Å². The SMILES string of the molecule is COc1ccc(C(=O)NC(C)c2nc(C)c(C(=O)O)s2)c(OC(C)C)c1. The molecule has 8 heteroatoms. The number of hydrogen-bond donors (Lipinski definition) is 2. The van der Waals surface area contributed by atoms with Crippen LogP contribution in [0.5, 0.6) is 11.5 Å². The van der Waals surface area contributed by atoms with Crippen LogP contribution in [-0.4, -0.2) is 35.2 Å². The number of carboxylic acid groups (broad SMARTS) is 1. The molecular formula is C18H22N2O5S. The number of carbonyl (C=O) groups excluding carboxylic acids is 1. The average molecular weight is 378 g/mol. The van der Waals surface area contributed by atoms with Crippen LogP contribution in [0.1, 0.15) is 57.5 Å². The van der Waals surface area contributed by atoms with Crippen LogP contribution in [0.15, 0.2) is 18.2 Å². The van der Waals surface area contributed by atoms with Gasteiger partial charge in [-0.15, -0.1) is 11.3 Å². The lowest BCUT2D eigenvalue weighted by molar-refractivity contribution is 0.0700. The molecule has 0 aliphatic heterocycles. The van der Waals surface area contributed by atoms with E-state index < -0.39 is 12.0 Å². The van der Waals surface area contributed by atoms with E-state index in [0.717, 1.165) is 11.3 Å². The van der Waals surface area contributed by atoms with Gasteiger partial charge in [0.25, 0.3) is 5.91 Å². The minimum atomic E-state index is -1.02. The van der Waals surface area contributed by atoms with Crippen LogP contribution >= 0.6 is 11.3 Å². The molecule has 1 atom stereocenters. The predicted octanol–water partition coefficient (Wildman–Crippen LogP) is 3.44. The number of ether oxygens (including phenoxy) is 2. The van der Waals surface area contributed by atoms with Crippen molar-refractivity contribution in [3.8, 4) is 11.5 Å². The second-order valence-electron chi connectivity index (χ2n) is 6.00. The van der Waals surface area contributed by atoms with Gasteiger partial charge in [-0.05, 0) is 39.8 Å². The van der Waals surface area contributed by atoms with Gasteiger partial charge in [0, 0.05) is 6.07 Å². The van der Waals surface area contributed by atoms with Crippen LogP contribution in [0.4, 0.5) is 0 Å². The first-order chi connectivity index (χ1) is 12.2. The van der Waals surface area contributed by atoms with E-state index in [2.05, 4.69) is 10.3 Å². The van der Waals surface area contributed by atoms with E-state index in [1.807, 2.05) is 13.8 Å². The number of thiazole rings is 1. The summed E-state index contributed by atoms with van der Waals surface area (Å²) in [6.45, 7) is 7.13. The summed E-state index contributed by atoms with van der Waals surface area (Å²) in [7, 11) is 1.54. The Morgan fingerprint density at radius 3 is 2.50 bits per heavy atom. The van der Waals surface area contributed by atoms with Gasteiger partial charge < -0.3 is 19.9 Å². The minimum Gasteiger partial charge on any atom is -0.497 e. The van der Waals surface area contributed by atoms with Crippen LogP contribution < -0.4 is 14.8 Å². The van der Waals surface area contributed by atoms with Gasteiger partial charge in [-0.1, -0.05) is 0 Å². The Bertz CT molecular complexity index is 816. The molecule has 1 heterocycles. The van der Waals surface area contributed by atoms with Gasteiger partial charge in [-0.2, -0.15) is 0 Å². The average Bonchev–Trinajstić information content (AvgIpc) is 2.96. The molecule has 0 bridgehead atoms. The number of carbonyl (C=O) groups is 2. The van der Waals surface area contributed by atoms with Gasteiger partial charge in [0.2, 0.25) is 0 Å². The summed E-state index contributed by atoms with van der Waals surface area (Å²) in [4.78, 5) is 28.3. The van der Waals surface area contributed by atoms with Crippen molar-refractivity contribution in [1.29, 1.82) is 0 Å². The summed E-state index contributed by atoms with van der Waals surface area (Å²) >= 11 is 1.06. The number of aryl methyl sites for hydroxylation is 1. The normalized spacial score (nSPS) is 11.9. The fourth-order valence-corrected chi connectivity index (χ4v) is 3.21. The largest absolute Gasteiger partial charge is 0.497 e. The Morgan fingerprint density at radius 1 is 1.27 bits per heavy atom. The Labute approximate surface area is 156 Å². The van der Waals surface area contributed by atoms with Crippen molar-refractivity contribution in [3.05, 3.63) is 39.3 Å². The number of aromatic nitrogens is 1. The lowest BCUT2D eigenvalue weighted by Crippen LogP contribution is -2.27. The molecule has 0 aliphatic carbocycles. The molecular weight excluding hydrogens is 356 g/mol. The highest BCUT2D eigenvalue weighted by Crippen LogP contribution is 2.28. The zero-order chi connectivity index (χ0) is 19.4. The second kappa shape index (κ2) is 8.18. The fraction of sp³-hybridized carbons (Fsp3) is 0.389. The zero-order valence-corrected chi connectivity index (χ0v) is 16.1. The van der Waals surface area contributed by atoms with Gasteiger partial charge in [0.1, 0.15) is 21.4 Å². The summed E-state index contributed by atoms with van der Waals surface area (Å²) in [5.74, 6) is -0.342. The van der Waals surface area contributed by atoms with E-state index in [0.29, 0.717) is 27.8 Å². The van der Waals surface area contributed by atoms with Crippen molar-refractivity contribution in [2.24, 2.45) is 0 Å². The van der Waals surface area contributed by atoms with E-state index in [1.54, 1.807) is 39.2 Å². The van der Waals surface area contributed by atoms with Gasteiger partial charge in [0.15, 0.2) is 0 Å². The highest BCUT2D eigenvalue weighted by atomic mass is 32.1. The molecule has 1 aromatic carbocycles. The smallest absolute Gasteiger partial charge is 0.347 e. The number of nitrogens with zero attached hydrogens (tertiary/aromatic N) is 1. The highest BCUT2D eigenvalue weighted by molar-refractivity contribution is 7.13. The van der Waals surface area contributed by atoms with E-state index in [9.17, 15) is 9.59 Å².